The van der Waals surface area contributed by atoms with E-state index in [-0.39, 0.29) is 11.1 Å². The van der Waals surface area contributed by atoms with E-state index in [0.29, 0.717) is 5.69 Å². The first-order valence-corrected chi connectivity index (χ1v) is 4.47. The molecule has 0 spiro atoms. The number of nitriles is 1. The third-order valence-corrected chi connectivity index (χ3v) is 2.05. The minimum atomic E-state index is -4.44. The SMILES string of the molecule is C/C(=C/C#N)c1cnc(C)cc1C(F)(F)F. The van der Waals surface area contributed by atoms with Crippen LogP contribution in [0.5, 0.6) is 0 Å². The molecule has 1 rings (SSSR count). The van der Waals surface area contributed by atoms with Crippen LogP contribution in [0, 0.1) is 18.3 Å². The Kier molecular flexibility index (Phi) is 3.33. The van der Waals surface area contributed by atoms with Crippen molar-refractivity contribution in [1.82, 2.24) is 4.98 Å². The van der Waals surface area contributed by atoms with Gasteiger partial charge in [-0.1, -0.05) is 0 Å². The fraction of sp³-hybridized carbons (Fsp3) is 0.273. The van der Waals surface area contributed by atoms with Crippen LogP contribution in [-0.4, -0.2) is 4.98 Å². The highest BCUT2D eigenvalue weighted by atomic mass is 19.4. The van der Waals surface area contributed by atoms with Crippen molar-refractivity contribution in [2.45, 2.75) is 20.0 Å². The van der Waals surface area contributed by atoms with Crippen LogP contribution in [0.15, 0.2) is 18.3 Å². The standard InChI is InChI=1S/C11H9F3N2/c1-7(3-4-15)9-6-16-8(2)5-10(9)11(12,13)14/h3,5-6H,1-2H3/b7-3-. The summed E-state index contributed by atoms with van der Waals surface area (Å²) in [4.78, 5) is 3.81. The molecule has 1 aromatic heterocycles. The number of nitrogens with zero attached hydrogens (tertiary/aromatic N) is 2. The van der Waals surface area contributed by atoms with E-state index < -0.39 is 11.7 Å². The summed E-state index contributed by atoms with van der Waals surface area (Å²) in [5.74, 6) is 0. The Morgan fingerprint density at radius 1 is 1.50 bits per heavy atom. The molecule has 0 aromatic carbocycles. The first-order valence-electron chi connectivity index (χ1n) is 4.47. The molecule has 0 bridgehead atoms. The molecule has 0 atom stereocenters. The van der Waals surface area contributed by atoms with Gasteiger partial charge in [-0.15, -0.1) is 0 Å². The van der Waals surface area contributed by atoms with Gasteiger partial charge in [-0.3, -0.25) is 4.98 Å². The average Bonchev–Trinajstić information content (AvgIpc) is 2.16. The number of aryl methyl sites for hydroxylation is 1. The van der Waals surface area contributed by atoms with E-state index in [4.69, 9.17) is 5.26 Å². The first kappa shape index (κ1) is 12.2. The van der Waals surface area contributed by atoms with Crippen LogP contribution < -0.4 is 0 Å². The first-order chi connectivity index (χ1) is 7.36. The maximum absolute atomic E-state index is 12.7. The summed E-state index contributed by atoms with van der Waals surface area (Å²) in [6.45, 7) is 2.94. The van der Waals surface area contributed by atoms with Gasteiger partial charge in [0.2, 0.25) is 0 Å². The van der Waals surface area contributed by atoms with Crippen LogP contribution >= 0.6 is 0 Å². The van der Waals surface area contributed by atoms with Crippen LogP contribution in [0.1, 0.15) is 23.7 Å². The second-order valence-electron chi connectivity index (χ2n) is 3.33. The molecular weight excluding hydrogens is 217 g/mol. The third kappa shape index (κ3) is 2.60. The quantitative estimate of drug-likeness (QED) is 0.688. The van der Waals surface area contributed by atoms with Crippen molar-refractivity contribution < 1.29 is 13.2 Å². The summed E-state index contributed by atoms with van der Waals surface area (Å²) in [6.07, 6.45) is -2.23. The van der Waals surface area contributed by atoms with Crippen molar-refractivity contribution in [2.75, 3.05) is 0 Å². The largest absolute Gasteiger partial charge is 0.417 e. The van der Waals surface area contributed by atoms with E-state index in [1.165, 1.54) is 13.8 Å². The van der Waals surface area contributed by atoms with Crippen molar-refractivity contribution in [2.24, 2.45) is 0 Å². The maximum Gasteiger partial charge on any atom is 0.417 e. The van der Waals surface area contributed by atoms with Crippen molar-refractivity contribution >= 4 is 5.57 Å². The molecule has 0 aliphatic heterocycles. The fourth-order valence-corrected chi connectivity index (χ4v) is 1.28. The van der Waals surface area contributed by atoms with Crippen molar-refractivity contribution in [3.63, 3.8) is 0 Å². The molecule has 0 aliphatic carbocycles. The Bertz CT molecular complexity index is 467. The van der Waals surface area contributed by atoms with E-state index in [0.717, 1.165) is 18.3 Å². The summed E-state index contributed by atoms with van der Waals surface area (Å²) >= 11 is 0. The van der Waals surface area contributed by atoms with Crippen LogP contribution in [0.4, 0.5) is 13.2 Å². The Balaban J connectivity index is 3.42. The molecule has 84 valence electrons. The van der Waals surface area contributed by atoms with Gasteiger partial charge < -0.3 is 0 Å². The molecular formula is C11H9F3N2. The molecule has 0 saturated carbocycles. The van der Waals surface area contributed by atoms with Crippen LogP contribution in [0.2, 0.25) is 0 Å². The van der Waals surface area contributed by atoms with Crippen LogP contribution in [0.3, 0.4) is 0 Å². The highest BCUT2D eigenvalue weighted by Gasteiger charge is 2.33. The number of pyridine rings is 1. The minimum absolute atomic E-state index is 0.0559. The summed E-state index contributed by atoms with van der Waals surface area (Å²) in [5.41, 5.74) is -0.271. The van der Waals surface area contributed by atoms with Gasteiger partial charge in [-0.2, -0.15) is 18.4 Å². The molecule has 0 fully saturated rings. The van der Waals surface area contributed by atoms with Gasteiger partial charge in [-0.05, 0) is 25.5 Å². The topological polar surface area (TPSA) is 36.7 Å². The molecule has 0 unspecified atom stereocenters. The minimum Gasteiger partial charge on any atom is -0.261 e. The summed E-state index contributed by atoms with van der Waals surface area (Å²) in [6, 6.07) is 2.68. The smallest absolute Gasteiger partial charge is 0.261 e. The number of alkyl halides is 3. The summed E-state index contributed by atoms with van der Waals surface area (Å²) in [7, 11) is 0. The van der Waals surface area contributed by atoms with Crippen LogP contribution in [0.25, 0.3) is 5.57 Å². The van der Waals surface area contributed by atoms with Gasteiger partial charge in [0.05, 0.1) is 11.6 Å². The van der Waals surface area contributed by atoms with Crippen LogP contribution in [-0.2, 0) is 6.18 Å². The second kappa shape index (κ2) is 4.35. The fourth-order valence-electron chi connectivity index (χ4n) is 1.28. The lowest BCUT2D eigenvalue weighted by Crippen LogP contribution is -2.09. The Morgan fingerprint density at radius 2 is 2.12 bits per heavy atom. The lowest BCUT2D eigenvalue weighted by molar-refractivity contribution is -0.137. The van der Waals surface area contributed by atoms with Gasteiger partial charge in [0, 0.05) is 23.5 Å². The third-order valence-electron chi connectivity index (χ3n) is 2.05. The highest BCUT2D eigenvalue weighted by Crippen LogP contribution is 2.34. The van der Waals surface area contributed by atoms with E-state index in [1.54, 1.807) is 6.07 Å². The van der Waals surface area contributed by atoms with Crippen molar-refractivity contribution in [3.8, 4) is 6.07 Å². The lowest BCUT2D eigenvalue weighted by Gasteiger charge is -2.12. The summed E-state index contributed by atoms with van der Waals surface area (Å²) < 4.78 is 38.1. The number of allylic oxidation sites excluding steroid dienone is 2. The molecule has 1 aromatic rings. The van der Waals surface area contributed by atoms with E-state index in [1.807, 2.05) is 0 Å². The average molecular weight is 226 g/mol. The van der Waals surface area contributed by atoms with Gasteiger partial charge in [0.1, 0.15) is 0 Å². The molecule has 0 aliphatic rings. The van der Waals surface area contributed by atoms with Gasteiger partial charge in [-0.25, -0.2) is 0 Å². The normalized spacial score (nSPS) is 12.4. The molecule has 0 amide bonds. The number of hydrogen-bond donors (Lipinski definition) is 0. The van der Waals surface area contributed by atoms with Gasteiger partial charge >= 0.3 is 6.18 Å². The lowest BCUT2D eigenvalue weighted by atomic mass is 10.0. The number of aromatic nitrogens is 1. The van der Waals surface area contributed by atoms with E-state index >= 15 is 0 Å². The Hall–Kier alpha value is -1.83. The van der Waals surface area contributed by atoms with Crippen molar-refractivity contribution in [1.29, 1.82) is 5.26 Å². The molecule has 0 N–H and O–H groups in total. The van der Waals surface area contributed by atoms with Gasteiger partial charge in [0.15, 0.2) is 0 Å². The predicted octanol–water partition coefficient (Wildman–Crippen LogP) is 3.34. The predicted molar refractivity (Wildman–Crippen MR) is 53.2 cm³/mol. The maximum atomic E-state index is 12.7. The Labute approximate surface area is 91.0 Å². The van der Waals surface area contributed by atoms with E-state index in [2.05, 4.69) is 4.98 Å². The number of halogens is 3. The zero-order valence-corrected chi connectivity index (χ0v) is 8.76. The molecule has 1 heterocycles. The zero-order valence-electron chi connectivity index (χ0n) is 8.76. The molecule has 2 nitrogen and oxygen atoms in total. The molecule has 0 radical (unpaired) electrons. The number of rotatable bonds is 1. The molecule has 16 heavy (non-hydrogen) atoms. The van der Waals surface area contributed by atoms with Gasteiger partial charge in [0.25, 0.3) is 0 Å². The summed E-state index contributed by atoms with van der Waals surface area (Å²) in [5, 5.41) is 8.42. The molecule has 5 heteroatoms. The Morgan fingerprint density at radius 3 is 2.62 bits per heavy atom. The second-order valence-corrected chi connectivity index (χ2v) is 3.33. The number of hydrogen-bond acceptors (Lipinski definition) is 2. The molecule has 0 saturated heterocycles. The van der Waals surface area contributed by atoms with Crippen molar-refractivity contribution in [3.05, 3.63) is 35.2 Å². The monoisotopic (exact) mass is 226 g/mol. The zero-order chi connectivity index (χ0) is 12.3. The highest BCUT2D eigenvalue weighted by molar-refractivity contribution is 5.68. The van der Waals surface area contributed by atoms with E-state index in [9.17, 15) is 13.2 Å².